The Balaban J connectivity index is 1.63. The van der Waals surface area contributed by atoms with Gasteiger partial charge in [0.2, 0.25) is 5.91 Å². The van der Waals surface area contributed by atoms with E-state index in [0.29, 0.717) is 25.5 Å². The van der Waals surface area contributed by atoms with Gasteiger partial charge in [-0.15, -0.1) is 0 Å². The van der Waals surface area contributed by atoms with Gasteiger partial charge in [0, 0.05) is 25.4 Å². The molecule has 0 bridgehead atoms. The van der Waals surface area contributed by atoms with Gasteiger partial charge >= 0.3 is 5.97 Å². The number of carbonyl (C=O) groups excluding carboxylic acids is 2. The van der Waals surface area contributed by atoms with Crippen molar-refractivity contribution in [2.24, 2.45) is 5.92 Å². The molecule has 1 saturated carbocycles. The molecule has 0 spiro atoms. The second kappa shape index (κ2) is 6.50. The zero-order valence-electron chi connectivity index (χ0n) is 14.5. The predicted octanol–water partition coefficient (Wildman–Crippen LogP) is 2.33. The Morgan fingerprint density at radius 1 is 1.32 bits per heavy atom. The summed E-state index contributed by atoms with van der Waals surface area (Å²) in [5.41, 5.74) is 1.77. The molecule has 2 aromatic rings. The van der Waals surface area contributed by atoms with Gasteiger partial charge in [0.15, 0.2) is 0 Å². The summed E-state index contributed by atoms with van der Waals surface area (Å²) in [6.45, 7) is 3.86. The topological polar surface area (TPSA) is 64.4 Å². The fraction of sp³-hybridized carbons (Fsp3) is 0.526. The Hall–Kier alpha value is -2.37. The lowest BCUT2D eigenvalue weighted by Gasteiger charge is -2.16. The molecule has 132 valence electrons. The highest BCUT2D eigenvalue weighted by molar-refractivity contribution is 5.82. The number of hydrogen-bond donors (Lipinski definition) is 0. The van der Waals surface area contributed by atoms with Crippen molar-refractivity contribution in [1.29, 1.82) is 0 Å². The van der Waals surface area contributed by atoms with Gasteiger partial charge in [-0.1, -0.05) is 12.1 Å². The molecule has 6 nitrogen and oxygen atoms in total. The Bertz CT molecular complexity index is 809. The monoisotopic (exact) mass is 341 g/mol. The molecule has 1 aliphatic carbocycles. The van der Waals surface area contributed by atoms with Crippen LogP contribution in [0.4, 0.5) is 0 Å². The molecule has 1 unspecified atom stereocenters. The van der Waals surface area contributed by atoms with E-state index in [0.717, 1.165) is 23.4 Å². The van der Waals surface area contributed by atoms with Crippen LogP contribution < -0.4 is 0 Å². The van der Waals surface area contributed by atoms with E-state index in [1.165, 1.54) is 12.8 Å². The Morgan fingerprint density at radius 3 is 2.88 bits per heavy atom. The van der Waals surface area contributed by atoms with Crippen LogP contribution in [0.5, 0.6) is 0 Å². The van der Waals surface area contributed by atoms with Gasteiger partial charge < -0.3 is 14.2 Å². The number of aromatic nitrogens is 2. The minimum atomic E-state index is -0.272. The summed E-state index contributed by atoms with van der Waals surface area (Å²) in [6, 6.07) is 7.78. The van der Waals surface area contributed by atoms with E-state index < -0.39 is 0 Å². The highest BCUT2D eigenvalue weighted by atomic mass is 16.5. The summed E-state index contributed by atoms with van der Waals surface area (Å²) < 4.78 is 7.04. The van der Waals surface area contributed by atoms with Gasteiger partial charge in [-0.25, -0.2) is 4.98 Å². The molecule has 2 aliphatic rings. The normalized spacial score (nSPS) is 20.4. The van der Waals surface area contributed by atoms with E-state index in [4.69, 9.17) is 9.72 Å². The quantitative estimate of drug-likeness (QED) is 0.757. The molecule has 0 N–H and O–H groups in total. The van der Waals surface area contributed by atoms with Gasteiger partial charge in [0.1, 0.15) is 12.4 Å². The number of hydrogen-bond acceptors (Lipinski definition) is 4. The average Bonchev–Trinajstić information content (AvgIpc) is 3.24. The summed E-state index contributed by atoms with van der Waals surface area (Å²) in [5, 5.41) is 0. The van der Waals surface area contributed by atoms with E-state index in [1.54, 1.807) is 6.92 Å². The van der Waals surface area contributed by atoms with E-state index in [-0.39, 0.29) is 24.3 Å². The van der Waals surface area contributed by atoms with Crippen LogP contribution in [0.25, 0.3) is 11.0 Å². The van der Waals surface area contributed by atoms with Crippen molar-refractivity contribution in [3.63, 3.8) is 0 Å². The van der Waals surface area contributed by atoms with Gasteiger partial charge in [-0.3, -0.25) is 9.59 Å². The molecule has 1 aromatic carbocycles. The summed E-state index contributed by atoms with van der Waals surface area (Å²) in [4.78, 5) is 31.1. The highest BCUT2D eigenvalue weighted by Gasteiger charge is 2.37. The number of imidazole rings is 1. The minimum Gasteiger partial charge on any atom is -0.465 e. The Morgan fingerprint density at radius 2 is 2.12 bits per heavy atom. The van der Waals surface area contributed by atoms with Crippen LogP contribution in [0.3, 0.4) is 0 Å². The number of ether oxygens (including phenoxy) is 1. The third-order valence-electron chi connectivity index (χ3n) is 5.03. The fourth-order valence-electron chi connectivity index (χ4n) is 3.64. The number of likely N-dealkylation sites (tertiary alicyclic amines) is 1. The highest BCUT2D eigenvalue weighted by Crippen LogP contribution is 2.35. The van der Waals surface area contributed by atoms with Crippen LogP contribution in [0, 0.1) is 5.92 Å². The largest absolute Gasteiger partial charge is 0.465 e. The molecule has 25 heavy (non-hydrogen) atoms. The van der Waals surface area contributed by atoms with Crippen molar-refractivity contribution in [2.75, 3.05) is 19.7 Å². The number of amides is 1. The molecule has 0 radical (unpaired) electrons. The van der Waals surface area contributed by atoms with Crippen molar-refractivity contribution >= 4 is 22.9 Å². The lowest BCUT2D eigenvalue weighted by atomic mass is 10.1. The summed E-state index contributed by atoms with van der Waals surface area (Å²) in [7, 11) is 0. The molecule has 6 heteroatoms. The molecule has 1 aliphatic heterocycles. The van der Waals surface area contributed by atoms with Crippen molar-refractivity contribution < 1.29 is 14.3 Å². The lowest BCUT2D eigenvalue weighted by molar-refractivity contribution is -0.143. The maximum atomic E-state index is 12.4. The van der Waals surface area contributed by atoms with Crippen LogP contribution in [-0.4, -0.2) is 46.0 Å². The molecule has 2 fully saturated rings. The first kappa shape index (κ1) is 16.1. The predicted molar refractivity (Wildman–Crippen MR) is 93.0 cm³/mol. The maximum Gasteiger partial charge on any atom is 0.326 e. The Labute approximate surface area is 146 Å². The average molecular weight is 341 g/mol. The smallest absolute Gasteiger partial charge is 0.326 e. The standard InChI is InChI=1S/C19H23N3O3/c1-2-25-18(24)12-22-16-6-4-3-5-15(16)20-19(22)14-9-17(23)21(11-14)10-13-7-8-13/h3-6,13-14H,2,7-12H2,1H3. The SMILES string of the molecule is CCOC(=O)Cn1c(C2CC(=O)N(CC3CC3)C2)nc2ccccc21. The minimum absolute atomic E-state index is 0.0353. The van der Waals surface area contributed by atoms with Crippen molar-refractivity contribution in [1.82, 2.24) is 14.5 Å². The summed E-state index contributed by atoms with van der Waals surface area (Å²) in [6.07, 6.45) is 2.94. The molecule has 1 aromatic heterocycles. The zero-order valence-corrected chi connectivity index (χ0v) is 14.5. The third kappa shape index (κ3) is 3.25. The van der Waals surface area contributed by atoms with Gasteiger partial charge in [0.05, 0.1) is 17.6 Å². The van der Waals surface area contributed by atoms with E-state index in [2.05, 4.69) is 0 Å². The second-order valence-electron chi connectivity index (χ2n) is 6.99. The molecule has 1 saturated heterocycles. The van der Waals surface area contributed by atoms with E-state index in [1.807, 2.05) is 33.7 Å². The number of nitrogens with zero attached hydrogens (tertiary/aromatic N) is 3. The number of benzene rings is 1. The molecule has 4 rings (SSSR count). The van der Waals surface area contributed by atoms with Crippen LogP contribution in [0.2, 0.25) is 0 Å². The first-order chi connectivity index (χ1) is 12.2. The first-order valence-electron chi connectivity index (χ1n) is 9.04. The zero-order chi connectivity index (χ0) is 17.4. The van der Waals surface area contributed by atoms with Crippen LogP contribution in [-0.2, 0) is 20.9 Å². The molecule has 1 amide bonds. The molecular weight excluding hydrogens is 318 g/mol. The second-order valence-corrected chi connectivity index (χ2v) is 6.99. The number of esters is 1. The van der Waals surface area contributed by atoms with Crippen molar-refractivity contribution in [2.45, 2.75) is 38.6 Å². The molecular formula is C19H23N3O3. The van der Waals surface area contributed by atoms with Crippen LogP contribution >= 0.6 is 0 Å². The van der Waals surface area contributed by atoms with Gasteiger partial charge in [0.25, 0.3) is 0 Å². The van der Waals surface area contributed by atoms with Crippen LogP contribution in [0.1, 0.15) is 37.9 Å². The summed E-state index contributed by atoms with van der Waals surface area (Å²) in [5.74, 6) is 1.47. The number of rotatable bonds is 6. The lowest BCUT2D eigenvalue weighted by Crippen LogP contribution is -2.27. The van der Waals surface area contributed by atoms with E-state index in [9.17, 15) is 9.59 Å². The third-order valence-corrected chi connectivity index (χ3v) is 5.03. The summed E-state index contributed by atoms with van der Waals surface area (Å²) >= 11 is 0. The first-order valence-corrected chi connectivity index (χ1v) is 9.04. The van der Waals surface area contributed by atoms with Crippen LogP contribution in [0.15, 0.2) is 24.3 Å². The maximum absolute atomic E-state index is 12.4. The van der Waals surface area contributed by atoms with Gasteiger partial charge in [-0.2, -0.15) is 0 Å². The fourth-order valence-corrected chi connectivity index (χ4v) is 3.64. The van der Waals surface area contributed by atoms with E-state index >= 15 is 0 Å². The molecule has 1 atom stereocenters. The molecule has 2 heterocycles. The van der Waals surface area contributed by atoms with Gasteiger partial charge in [-0.05, 0) is 37.8 Å². The Kier molecular flexibility index (Phi) is 4.19. The number of carbonyl (C=O) groups is 2. The number of fused-ring (bicyclic) bond motifs is 1. The number of para-hydroxylation sites is 2. The van der Waals surface area contributed by atoms with Crippen molar-refractivity contribution in [3.05, 3.63) is 30.1 Å². The van der Waals surface area contributed by atoms with Crippen molar-refractivity contribution in [3.8, 4) is 0 Å².